The van der Waals surface area contributed by atoms with E-state index in [4.69, 9.17) is 0 Å². The van der Waals surface area contributed by atoms with Gasteiger partial charge in [-0.15, -0.1) is 0 Å². The van der Waals surface area contributed by atoms with Crippen molar-refractivity contribution in [3.05, 3.63) is 41.2 Å². The van der Waals surface area contributed by atoms with E-state index in [2.05, 4.69) is 53.4 Å². The van der Waals surface area contributed by atoms with Gasteiger partial charge in [0, 0.05) is 12.6 Å². The summed E-state index contributed by atoms with van der Waals surface area (Å²) in [5.74, 6) is 1.38. The quantitative estimate of drug-likeness (QED) is 0.903. The molecule has 0 radical (unpaired) electrons. The molecule has 3 nitrogen and oxygen atoms in total. The molecule has 0 saturated heterocycles. The Morgan fingerprint density at radius 2 is 1.53 bits per heavy atom. The zero-order valence-corrected chi connectivity index (χ0v) is 12.3. The number of nitrogens with one attached hydrogen (secondary N) is 1. The van der Waals surface area contributed by atoms with Gasteiger partial charge in [0.05, 0.1) is 11.4 Å². The minimum absolute atomic E-state index is 0.545. The Hall–Kier alpha value is -1.90. The van der Waals surface area contributed by atoms with Gasteiger partial charge in [-0.1, -0.05) is 38.1 Å². The Balaban J connectivity index is 2.49. The third kappa shape index (κ3) is 2.75. The molecular weight excluding hydrogens is 234 g/mol. The van der Waals surface area contributed by atoms with E-state index >= 15 is 0 Å². The smallest absolute Gasteiger partial charge is 0.152 e. The molecule has 1 N–H and O–H groups in total. The summed E-state index contributed by atoms with van der Waals surface area (Å²) in [7, 11) is 1.88. The summed E-state index contributed by atoms with van der Waals surface area (Å²) in [5.41, 5.74) is 5.30. The monoisotopic (exact) mass is 255 g/mol. The van der Waals surface area contributed by atoms with Crippen molar-refractivity contribution in [2.24, 2.45) is 0 Å². The topological polar surface area (TPSA) is 37.8 Å². The van der Waals surface area contributed by atoms with Crippen LogP contribution in [0.15, 0.2) is 24.3 Å². The number of hydrogen-bond acceptors (Lipinski definition) is 3. The molecule has 0 aliphatic carbocycles. The Morgan fingerprint density at radius 1 is 0.947 bits per heavy atom. The van der Waals surface area contributed by atoms with Crippen LogP contribution >= 0.6 is 0 Å². The predicted octanol–water partition coefficient (Wildman–Crippen LogP) is 3.93. The van der Waals surface area contributed by atoms with Crippen molar-refractivity contribution in [2.75, 3.05) is 12.4 Å². The number of aromatic nitrogens is 2. The standard InChI is InChI=1S/C16H21N3/c1-10(2)13-6-8-14(9-7-13)15-16(17-5)19-12(4)11(3)18-15/h6-10H,1-5H3,(H,17,19). The summed E-state index contributed by atoms with van der Waals surface area (Å²) in [6.07, 6.45) is 0. The van der Waals surface area contributed by atoms with Crippen molar-refractivity contribution in [3.63, 3.8) is 0 Å². The van der Waals surface area contributed by atoms with Crippen molar-refractivity contribution >= 4 is 5.82 Å². The molecule has 1 heterocycles. The largest absolute Gasteiger partial charge is 0.371 e. The third-order valence-corrected chi connectivity index (χ3v) is 3.39. The number of benzene rings is 1. The first-order chi connectivity index (χ1) is 9.02. The molecule has 100 valence electrons. The fraction of sp³-hybridized carbons (Fsp3) is 0.375. The van der Waals surface area contributed by atoms with E-state index < -0.39 is 0 Å². The summed E-state index contributed by atoms with van der Waals surface area (Å²) in [4.78, 5) is 9.21. The first kappa shape index (κ1) is 13.5. The van der Waals surface area contributed by atoms with Crippen LogP contribution in [0.2, 0.25) is 0 Å². The molecule has 1 aromatic heterocycles. The van der Waals surface area contributed by atoms with Crippen LogP contribution < -0.4 is 5.32 Å². The molecule has 1 aromatic carbocycles. The average molecular weight is 255 g/mol. The highest BCUT2D eigenvalue weighted by molar-refractivity contribution is 5.71. The molecule has 0 saturated carbocycles. The Bertz CT molecular complexity index is 571. The highest BCUT2D eigenvalue weighted by Gasteiger charge is 2.10. The fourth-order valence-electron chi connectivity index (χ4n) is 2.00. The van der Waals surface area contributed by atoms with Gasteiger partial charge in [0.1, 0.15) is 5.69 Å². The lowest BCUT2D eigenvalue weighted by Gasteiger charge is -2.12. The Labute approximate surface area is 115 Å². The third-order valence-electron chi connectivity index (χ3n) is 3.39. The van der Waals surface area contributed by atoms with E-state index in [1.807, 2.05) is 20.9 Å². The van der Waals surface area contributed by atoms with Crippen molar-refractivity contribution in [3.8, 4) is 11.3 Å². The molecular formula is C16H21N3. The first-order valence-electron chi connectivity index (χ1n) is 6.66. The van der Waals surface area contributed by atoms with Gasteiger partial charge in [0.2, 0.25) is 0 Å². The van der Waals surface area contributed by atoms with Crippen LogP contribution in [-0.2, 0) is 0 Å². The van der Waals surface area contributed by atoms with E-state index in [9.17, 15) is 0 Å². The van der Waals surface area contributed by atoms with Crippen molar-refractivity contribution in [1.82, 2.24) is 9.97 Å². The minimum Gasteiger partial charge on any atom is -0.371 e. The van der Waals surface area contributed by atoms with Crippen LogP contribution in [0.1, 0.15) is 36.7 Å². The maximum absolute atomic E-state index is 4.66. The number of hydrogen-bond donors (Lipinski definition) is 1. The zero-order chi connectivity index (χ0) is 14.0. The average Bonchev–Trinajstić information content (AvgIpc) is 2.41. The van der Waals surface area contributed by atoms with E-state index in [1.165, 1.54) is 5.56 Å². The predicted molar refractivity (Wildman–Crippen MR) is 80.6 cm³/mol. The lowest BCUT2D eigenvalue weighted by atomic mass is 10.0. The highest BCUT2D eigenvalue weighted by atomic mass is 15.0. The van der Waals surface area contributed by atoms with Gasteiger partial charge in [-0.3, -0.25) is 0 Å². The first-order valence-corrected chi connectivity index (χ1v) is 6.66. The van der Waals surface area contributed by atoms with Crippen molar-refractivity contribution in [2.45, 2.75) is 33.6 Å². The molecule has 0 atom stereocenters. The molecule has 0 unspecified atom stereocenters. The summed E-state index contributed by atoms with van der Waals surface area (Å²) in [6.45, 7) is 8.37. The normalized spacial score (nSPS) is 10.8. The number of aryl methyl sites for hydroxylation is 2. The number of rotatable bonds is 3. The second-order valence-electron chi connectivity index (χ2n) is 5.12. The van der Waals surface area contributed by atoms with Gasteiger partial charge in [0.25, 0.3) is 0 Å². The second-order valence-corrected chi connectivity index (χ2v) is 5.12. The van der Waals surface area contributed by atoms with Gasteiger partial charge >= 0.3 is 0 Å². The molecule has 19 heavy (non-hydrogen) atoms. The minimum atomic E-state index is 0.545. The molecule has 0 aliphatic heterocycles. The lowest BCUT2D eigenvalue weighted by molar-refractivity contribution is 0.867. The summed E-state index contributed by atoms with van der Waals surface area (Å²) >= 11 is 0. The van der Waals surface area contributed by atoms with Crippen LogP contribution in [0.5, 0.6) is 0 Å². The second kappa shape index (κ2) is 5.39. The SMILES string of the molecule is CNc1nc(C)c(C)nc1-c1ccc(C(C)C)cc1. The van der Waals surface area contributed by atoms with Gasteiger partial charge in [-0.2, -0.15) is 0 Å². The Morgan fingerprint density at radius 3 is 2.05 bits per heavy atom. The van der Waals surface area contributed by atoms with Crippen molar-refractivity contribution in [1.29, 1.82) is 0 Å². The molecule has 0 spiro atoms. The molecule has 0 fully saturated rings. The number of nitrogens with zero attached hydrogens (tertiary/aromatic N) is 2. The van der Waals surface area contributed by atoms with E-state index in [1.54, 1.807) is 0 Å². The Kier molecular flexibility index (Phi) is 3.84. The van der Waals surface area contributed by atoms with E-state index in [0.29, 0.717) is 5.92 Å². The fourth-order valence-corrected chi connectivity index (χ4v) is 2.00. The van der Waals surface area contributed by atoms with Crippen molar-refractivity contribution < 1.29 is 0 Å². The summed E-state index contributed by atoms with van der Waals surface area (Å²) in [6, 6.07) is 8.57. The van der Waals surface area contributed by atoms with Gasteiger partial charge < -0.3 is 5.32 Å². The van der Waals surface area contributed by atoms with Crippen LogP contribution in [0.4, 0.5) is 5.82 Å². The van der Waals surface area contributed by atoms with Gasteiger partial charge in [0.15, 0.2) is 5.82 Å². The molecule has 2 aromatic rings. The zero-order valence-electron chi connectivity index (χ0n) is 12.3. The van der Waals surface area contributed by atoms with Gasteiger partial charge in [-0.05, 0) is 25.3 Å². The molecule has 2 rings (SSSR count). The lowest BCUT2D eigenvalue weighted by Crippen LogP contribution is -2.02. The molecule has 0 aliphatic rings. The molecule has 0 amide bonds. The van der Waals surface area contributed by atoms with Crippen LogP contribution in [0.25, 0.3) is 11.3 Å². The van der Waals surface area contributed by atoms with E-state index in [0.717, 1.165) is 28.5 Å². The van der Waals surface area contributed by atoms with E-state index in [-0.39, 0.29) is 0 Å². The highest BCUT2D eigenvalue weighted by Crippen LogP contribution is 2.26. The number of anilines is 1. The van der Waals surface area contributed by atoms with Crippen LogP contribution in [0, 0.1) is 13.8 Å². The van der Waals surface area contributed by atoms with Crippen LogP contribution in [-0.4, -0.2) is 17.0 Å². The van der Waals surface area contributed by atoms with Crippen LogP contribution in [0.3, 0.4) is 0 Å². The summed E-state index contributed by atoms with van der Waals surface area (Å²) < 4.78 is 0. The maximum Gasteiger partial charge on any atom is 0.152 e. The molecule has 0 bridgehead atoms. The maximum atomic E-state index is 4.66. The molecule has 3 heteroatoms. The van der Waals surface area contributed by atoms with Gasteiger partial charge in [-0.25, -0.2) is 9.97 Å². The summed E-state index contributed by atoms with van der Waals surface area (Å²) in [5, 5.41) is 3.13.